The summed E-state index contributed by atoms with van der Waals surface area (Å²) in [5.74, 6) is 0.349. The normalized spacial score (nSPS) is 12.8. The number of aromatic hydroxyl groups is 2. The summed E-state index contributed by atoms with van der Waals surface area (Å²) in [4.78, 5) is 12.1. The van der Waals surface area contributed by atoms with Crippen molar-refractivity contribution in [1.29, 1.82) is 0 Å². The van der Waals surface area contributed by atoms with Crippen LogP contribution >= 0.6 is 0 Å². The molecule has 1 aliphatic heterocycles. The first-order chi connectivity index (χ1) is 10.1. The Kier molecular flexibility index (Phi) is 3.27. The number of carbonyl (C=O) groups excluding carboxylic acids is 1. The van der Waals surface area contributed by atoms with Gasteiger partial charge in [-0.1, -0.05) is 0 Å². The maximum Gasteiger partial charge on any atom is 0.259 e. The maximum absolute atomic E-state index is 12.1. The van der Waals surface area contributed by atoms with Crippen LogP contribution in [0.1, 0.15) is 10.4 Å². The van der Waals surface area contributed by atoms with Gasteiger partial charge in [-0.3, -0.25) is 4.79 Å². The van der Waals surface area contributed by atoms with Gasteiger partial charge in [0.15, 0.2) is 11.5 Å². The molecular formula is C15H13NO5. The molecule has 0 aromatic heterocycles. The molecule has 3 rings (SSSR count). The molecule has 2 aromatic carbocycles. The summed E-state index contributed by atoms with van der Waals surface area (Å²) in [5.41, 5.74) is 0.497. The topological polar surface area (TPSA) is 88.0 Å². The zero-order chi connectivity index (χ0) is 14.8. The average Bonchev–Trinajstić information content (AvgIpc) is 2.49. The van der Waals surface area contributed by atoms with Crippen LogP contribution in [0.25, 0.3) is 0 Å². The molecule has 0 fully saturated rings. The van der Waals surface area contributed by atoms with Gasteiger partial charge in [-0.25, -0.2) is 0 Å². The van der Waals surface area contributed by atoms with E-state index in [1.165, 1.54) is 18.2 Å². The predicted octanol–water partition coefficient (Wildman–Crippen LogP) is 2.12. The van der Waals surface area contributed by atoms with Gasteiger partial charge in [0.1, 0.15) is 24.7 Å². The Morgan fingerprint density at radius 3 is 2.57 bits per heavy atom. The van der Waals surface area contributed by atoms with Crippen LogP contribution in [0, 0.1) is 0 Å². The third-order valence-corrected chi connectivity index (χ3v) is 3.02. The molecule has 0 saturated heterocycles. The number of phenolic OH excluding ortho intramolecular Hbond substituents is 2. The molecule has 0 saturated carbocycles. The van der Waals surface area contributed by atoms with E-state index in [2.05, 4.69) is 5.32 Å². The number of ether oxygens (including phenoxy) is 2. The van der Waals surface area contributed by atoms with Crippen molar-refractivity contribution in [2.45, 2.75) is 0 Å². The van der Waals surface area contributed by atoms with E-state index in [0.29, 0.717) is 30.4 Å². The number of nitrogens with one attached hydrogen (secondary N) is 1. The lowest BCUT2D eigenvalue weighted by molar-refractivity contribution is 0.102. The number of hydrogen-bond donors (Lipinski definition) is 3. The van der Waals surface area contributed by atoms with Crippen molar-refractivity contribution >= 4 is 11.6 Å². The fraction of sp³-hybridized carbons (Fsp3) is 0.133. The van der Waals surface area contributed by atoms with Crippen LogP contribution in [0.3, 0.4) is 0 Å². The van der Waals surface area contributed by atoms with Crippen LogP contribution in [0.4, 0.5) is 5.69 Å². The van der Waals surface area contributed by atoms with Gasteiger partial charge in [-0.2, -0.15) is 0 Å². The van der Waals surface area contributed by atoms with E-state index in [9.17, 15) is 15.0 Å². The van der Waals surface area contributed by atoms with E-state index in [-0.39, 0.29) is 17.1 Å². The fourth-order valence-corrected chi connectivity index (χ4v) is 2.03. The Morgan fingerprint density at radius 2 is 1.76 bits per heavy atom. The molecule has 1 heterocycles. The van der Waals surface area contributed by atoms with E-state index >= 15 is 0 Å². The minimum Gasteiger partial charge on any atom is -0.508 e. The number of amides is 1. The van der Waals surface area contributed by atoms with Gasteiger partial charge in [0.25, 0.3) is 5.91 Å². The zero-order valence-corrected chi connectivity index (χ0v) is 11.0. The monoisotopic (exact) mass is 287 g/mol. The molecule has 3 N–H and O–H groups in total. The van der Waals surface area contributed by atoms with Crippen molar-refractivity contribution in [3.8, 4) is 23.0 Å². The molecule has 0 aliphatic carbocycles. The Bertz CT molecular complexity index is 698. The van der Waals surface area contributed by atoms with Crippen LogP contribution in [-0.4, -0.2) is 29.3 Å². The van der Waals surface area contributed by atoms with Crippen molar-refractivity contribution in [2.24, 2.45) is 0 Å². The Labute approximate surface area is 120 Å². The first-order valence-corrected chi connectivity index (χ1v) is 6.36. The smallest absolute Gasteiger partial charge is 0.259 e. The minimum atomic E-state index is -0.528. The van der Waals surface area contributed by atoms with Crippen molar-refractivity contribution in [3.05, 3.63) is 42.0 Å². The van der Waals surface area contributed by atoms with Gasteiger partial charge in [-0.15, -0.1) is 0 Å². The second-order valence-corrected chi connectivity index (χ2v) is 4.51. The highest BCUT2D eigenvalue weighted by Crippen LogP contribution is 2.33. The summed E-state index contributed by atoms with van der Waals surface area (Å²) in [7, 11) is 0. The molecule has 0 radical (unpaired) electrons. The molecular weight excluding hydrogens is 274 g/mol. The van der Waals surface area contributed by atoms with E-state index in [1.807, 2.05) is 0 Å². The molecule has 6 nitrogen and oxygen atoms in total. The molecule has 21 heavy (non-hydrogen) atoms. The molecule has 2 aromatic rings. The molecule has 108 valence electrons. The predicted molar refractivity (Wildman–Crippen MR) is 75.2 cm³/mol. The van der Waals surface area contributed by atoms with Crippen LogP contribution in [0.15, 0.2) is 36.4 Å². The summed E-state index contributed by atoms with van der Waals surface area (Å²) in [6.45, 7) is 0.952. The standard InChI is InChI=1S/C15H13NO5/c17-10-2-3-12(18)11(8-10)15(19)16-9-1-4-13-14(7-9)21-6-5-20-13/h1-4,7-8,17-18H,5-6H2,(H,16,19). The number of carbonyl (C=O) groups is 1. The van der Waals surface area contributed by atoms with Gasteiger partial charge in [0, 0.05) is 11.8 Å². The number of fused-ring (bicyclic) bond motifs is 1. The van der Waals surface area contributed by atoms with E-state index < -0.39 is 5.91 Å². The first kappa shape index (κ1) is 13.1. The summed E-state index contributed by atoms with van der Waals surface area (Å²) in [5, 5.41) is 21.7. The third-order valence-electron chi connectivity index (χ3n) is 3.02. The van der Waals surface area contributed by atoms with E-state index in [1.54, 1.807) is 18.2 Å². The summed E-state index contributed by atoms with van der Waals surface area (Å²) in [6.07, 6.45) is 0. The van der Waals surface area contributed by atoms with Gasteiger partial charge >= 0.3 is 0 Å². The number of hydrogen-bond acceptors (Lipinski definition) is 5. The summed E-state index contributed by atoms with van der Waals surface area (Å²) in [6, 6.07) is 8.77. The largest absolute Gasteiger partial charge is 0.508 e. The van der Waals surface area contributed by atoms with Crippen LogP contribution in [0.2, 0.25) is 0 Å². The number of anilines is 1. The fourth-order valence-electron chi connectivity index (χ4n) is 2.03. The highest BCUT2D eigenvalue weighted by atomic mass is 16.6. The van der Waals surface area contributed by atoms with Gasteiger partial charge in [0.05, 0.1) is 5.56 Å². The quantitative estimate of drug-likeness (QED) is 0.736. The molecule has 0 atom stereocenters. The first-order valence-electron chi connectivity index (χ1n) is 6.36. The van der Waals surface area contributed by atoms with Crippen molar-refractivity contribution in [2.75, 3.05) is 18.5 Å². The molecule has 1 amide bonds. The highest BCUT2D eigenvalue weighted by molar-refractivity contribution is 6.06. The Balaban J connectivity index is 1.83. The van der Waals surface area contributed by atoms with E-state index in [4.69, 9.17) is 9.47 Å². The van der Waals surface area contributed by atoms with E-state index in [0.717, 1.165) is 0 Å². The number of rotatable bonds is 2. The second-order valence-electron chi connectivity index (χ2n) is 4.51. The molecule has 1 aliphatic rings. The van der Waals surface area contributed by atoms with Crippen molar-refractivity contribution < 1.29 is 24.5 Å². The zero-order valence-electron chi connectivity index (χ0n) is 11.0. The SMILES string of the molecule is O=C(Nc1ccc2c(c1)OCCO2)c1cc(O)ccc1O. The van der Waals surface area contributed by atoms with Gasteiger partial charge in [-0.05, 0) is 30.3 Å². The van der Waals surface area contributed by atoms with Crippen LogP contribution in [-0.2, 0) is 0 Å². The summed E-state index contributed by atoms with van der Waals surface area (Å²) < 4.78 is 10.8. The van der Waals surface area contributed by atoms with Crippen LogP contribution in [0.5, 0.6) is 23.0 Å². The molecule has 0 spiro atoms. The number of benzene rings is 2. The Morgan fingerprint density at radius 1 is 1.00 bits per heavy atom. The maximum atomic E-state index is 12.1. The third kappa shape index (κ3) is 2.69. The lowest BCUT2D eigenvalue weighted by atomic mass is 10.1. The lowest BCUT2D eigenvalue weighted by Crippen LogP contribution is -2.16. The minimum absolute atomic E-state index is 0.00936. The highest BCUT2D eigenvalue weighted by Gasteiger charge is 2.15. The van der Waals surface area contributed by atoms with Crippen molar-refractivity contribution in [1.82, 2.24) is 0 Å². The molecule has 6 heteroatoms. The molecule has 0 unspecified atom stereocenters. The second kappa shape index (κ2) is 5.24. The molecule has 0 bridgehead atoms. The lowest BCUT2D eigenvalue weighted by Gasteiger charge is -2.19. The van der Waals surface area contributed by atoms with Gasteiger partial charge in [0.2, 0.25) is 0 Å². The van der Waals surface area contributed by atoms with Crippen LogP contribution < -0.4 is 14.8 Å². The summed E-state index contributed by atoms with van der Waals surface area (Å²) >= 11 is 0. The Hall–Kier alpha value is -2.89. The number of phenols is 2. The average molecular weight is 287 g/mol. The van der Waals surface area contributed by atoms with Gasteiger partial charge < -0.3 is 25.0 Å². The van der Waals surface area contributed by atoms with Crippen molar-refractivity contribution in [3.63, 3.8) is 0 Å².